The molecule has 2 aromatic carbocycles. The smallest absolute Gasteiger partial charge is 0.159 e. The molecule has 3 rings (SSSR count). The second-order valence-corrected chi connectivity index (χ2v) is 9.12. The van der Waals surface area contributed by atoms with Crippen LogP contribution in [0.4, 0.5) is 0 Å². The van der Waals surface area contributed by atoms with E-state index in [0.717, 1.165) is 43.0 Å². The molecule has 0 fully saturated rings. The molecule has 3 nitrogen and oxygen atoms in total. The summed E-state index contributed by atoms with van der Waals surface area (Å²) in [4.78, 5) is 9.23. The van der Waals surface area contributed by atoms with Gasteiger partial charge in [0, 0.05) is 18.0 Å². The van der Waals surface area contributed by atoms with Gasteiger partial charge in [0.2, 0.25) is 0 Å². The lowest BCUT2D eigenvalue weighted by molar-refractivity contribution is 0.303. The SMILES string of the molecule is CCCCCCCCCc1cnc(-c2cccc(OCCCC(C)c3ccccc3)c2)nc1. The van der Waals surface area contributed by atoms with Crippen LogP contribution in [0.2, 0.25) is 0 Å². The van der Waals surface area contributed by atoms with E-state index in [4.69, 9.17) is 4.74 Å². The molecule has 0 saturated heterocycles. The van der Waals surface area contributed by atoms with E-state index in [1.54, 1.807) is 0 Å². The third-order valence-corrected chi connectivity index (χ3v) is 6.29. The average molecular weight is 445 g/mol. The first-order valence-corrected chi connectivity index (χ1v) is 12.9. The first-order valence-electron chi connectivity index (χ1n) is 12.9. The summed E-state index contributed by atoms with van der Waals surface area (Å²) < 4.78 is 6.02. The molecule has 0 spiro atoms. The Morgan fingerprint density at radius 3 is 2.27 bits per heavy atom. The summed E-state index contributed by atoms with van der Waals surface area (Å²) in [6.45, 7) is 5.27. The van der Waals surface area contributed by atoms with Crippen LogP contribution in [-0.2, 0) is 6.42 Å². The average Bonchev–Trinajstić information content (AvgIpc) is 2.87. The van der Waals surface area contributed by atoms with Gasteiger partial charge in [0.15, 0.2) is 5.82 Å². The molecule has 1 heterocycles. The minimum absolute atomic E-state index is 0.550. The van der Waals surface area contributed by atoms with Crippen molar-refractivity contribution in [1.82, 2.24) is 9.97 Å². The van der Waals surface area contributed by atoms with Crippen LogP contribution in [-0.4, -0.2) is 16.6 Å². The highest BCUT2D eigenvalue weighted by molar-refractivity contribution is 5.57. The molecule has 1 unspecified atom stereocenters. The Balaban J connectivity index is 1.40. The Labute approximate surface area is 200 Å². The van der Waals surface area contributed by atoms with Crippen LogP contribution in [0.3, 0.4) is 0 Å². The van der Waals surface area contributed by atoms with Gasteiger partial charge in [-0.2, -0.15) is 0 Å². The fourth-order valence-electron chi connectivity index (χ4n) is 4.17. The molecule has 1 atom stereocenters. The predicted molar refractivity (Wildman–Crippen MR) is 139 cm³/mol. The fraction of sp³-hybridized carbons (Fsp3) is 0.467. The summed E-state index contributed by atoms with van der Waals surface area (Å²) in [6.07, 6.45) is 16.5. The second-order valence-electron chi connectivity index (χ2n) is 9.12. The van der Waals surface area contributed by atoms with Gasteiger partial charge in [-0.3, -0.25) is 0 Å². The van der Waals surface area contributed by atoms with Crippen molar-refractivity contribution in [3.63, 3.8) is 0 Å². The van der Waals surface area contributed by atoms with E-state index in [-0.39, 0.29) is 0 Å². The summed E-state index contributed by atoms with van der Waals surface area (Å²) in [7, 11) is 0. The van der Waals surface area contributed by atoms with Gasteiger partial charge in [-0.1, -0.05) is 94.8 Å². The molecule has 0 N–H and O–H groups in total. The van der Waals surface area contributed by atoms with E-state index >= 15 is 0 Å². The number of ether oxygens (including phenoxy) is 1. The molecule has 176 valence electrons. The first kappa shape index (κ1) is 25.0. The molecule has 0 amide bonds. The van der Waals surface area contributed by atoms with Gasteiger partial charge in [0.25, 0.3) is 0 Å². The molecule has 3 heteroatoms. The Morgan fingerprint density at radius 2 is 1.52 bits per heavy atom. The maximum absolute atomic E-state index is 6.02. The van der Waals surface area contributed by atoms with E-state index in [0.29, 0.717) is 5.92 Å². The van der Waals surface area contributed by atoms with Crippen molar-refractivity contribution in [2.75, 3.05) is 6.61 Å². The van der Waals surface area contributed by atoms with Crippen LogP contribution in [0.1, 0.15) is 88.7 Å². The number of hydrogen-bond acceptors (Lipinski definition) is 3. The zero-order valence-corrected chi connectivity index (χ0v) is 20.5. The molecule has 0 aliphatic heterocycles. The van der Waals surface area contributed by atoms with Crippen molar-refractivity contribution in [2.24, 2.45) is 0 Å². The molecule has 1 aromatic heterocycles. The molecular formula is C30H40N2O. The normalized spacial score (nSPS) is 11.9. The summed E-state index contributed by atoms with van der Waals surface area (Å²) in [6, 6.07) is 18.8. The number of aryl methyl sites for hydroxylation is 1. The standard InChI is InChI=1S/C30H40N2O/c1-3-4-5-6-7-8-10-16-26-23-31-30(32-24-26)28-19-13-20-29(22-28)33-21-14-15-25(2)27-17-11-9-12-18-27/h9,11-13,17-20,22-25H,3-8,10,14-16,21H2,1-2H3. The van der Waals surface area contributed by atoms with Gasteiger partial charge in [-0.15, -0.1) is 0 Å². The highest BCUT2D eigenvalue weighted by Crippen LogP contribution is 2.23. The first-order chi connectivity index (χ1) is 16.3. The lowest BCUT2D eigenvalue weighted by atomic mass is 9.97. The molecule has 0 aliphatic carbocycles. The van der Waals surface area contributed by atoms with Gasteiger partial charge < -0.3 is 4.74 Å². The zero-order valence-electron chi connectivity index (χ0n) is 20.5. The monoisotopic (exact) mass is 444 g/mol. The third-order valence-electron chi connectivity index (χ3n) is 6.29. The van der Waals surface area contributed by atoms with E-state index < -0.39 is 0 Å². The molecule has 33 heavy (non-hydrogen) atoms. The van der Waals surface area contributed by atoms with Crippen molar-refractivity contribution < 1.29 is 4.74 Å². The van der Waals surface area contributed by atoms with Crippen LogP contribution in [0.15, 0.2) is 67.0 Å². The van der Waals surface area contributed by atoms with Crippen LogP contribution < -0.4 is 4.74 Å². The number of nitrogens with zero attached hydrogens (tertiary/aromatic N) is 2. The highest BCUT2D eigenvalue weighted by atomic mass is 16.5. The largest absolute Gasteiger partial charge is 0.494 e. The number of rotatable bonds is 15. The quantitative estimate of drug-likeness (QED) is 0.221. The molecule has 3 aromatic rings. The Bertz CT molecular complexity index is 908. The second kappa shape index (κ2) is 14.5. The topological polar surface area (TPSA) is 35.0 Å². The van der Waals surface area contributed by atoms with Crippen LogP contribution in [0.25, 0.3) is 11.4 Å². The Morgan fingerprint density at radius 1 is 0.788 bits per heavy atom. The lowest BCUT2D eigenvalue weighted by Gasteiger charge is -2.12. The van der Waals surface area contributed by atoms with Crippen LogP contribution in [0, 0.1) is 0 Å². The Kier molecular flexibility index (Phi) is 10.9. The molecule has 0 aliphatic rings. The van der Waals surface area contributed by atoms with Crippen molar-refractivity contribution in [3.05, 3.63) is 78.1 Å². The lowest BCUT2D eigenvalue weighted by Crippen LogP contribution is -2.01. The van der Waals surface area contributed by atoms with E-state index in [9.17, 15) is 0 Å². The van der Waals surface area contributed by atoms with Crippen LogP contribution >= 0.6 is 0 Å². The van der Waals surface area contributed by atoms with Gasteiger partial charge in [-0.05, 0) is 54.9 Å². The van der Waals surface area contributed by atoms with E-state index in [1.165, 1.54) is 56.1 Å². The summed E-state index contributed by atoms with van der Waals surface area (Å²) in [5.41, 5.74) is 3.63. The van der Waals surface area contributed by atoms with Crippen molar-refractivity contribution in [1.29, 1.82) is 0 Å². The van der Waals surface area contributed by atoms with Crippen molar-refractivity contribution in [2.45, 2.75) is 84.0 Å². The summed E-state index contributed by atoms with van der Waals surface area (Å²) >= 11 is 0. The predicted octanol–water partition coefficient (Wildman–Crippen LogP) is 8.40. The number of aromatic nitrogens is 2. The number of benzene rings is 2. The van der Waals surface area contributed by atoms with Gasteiger partial charge >= 0.3 is 0 Å². The van der Waals surface area contributed by atoms with Gasteiger partial charge in [0.05, 0.1) is 6.61 Å². The van der Waals surface area contributed by atoms with E-state index in [1.807, 2.05) is 30.6 Å². The van der Waals surface area contributed by atoms with Crippen molar-refractivity contribution in [3.8, 4) is 17.1 Å². The van der Waals surface area contributed by atoms with Gasteiger partial charge in [-0.25, -0.2) is 9.97 Å². The molecule has 0 bridgehead atoms. The van der Waals surface area contributed by atoms with E-state index in [2.05, 4.69) is 60.2 Å². The van der Waals surface area contributed by atoms with Gasteiger partial charge in [0.1, 0.15) is 5.75 Å². The maximum atomic E-state index is 6.02. The molecule has 0 radical (unpaired) electrons. The molecule has 0 saturated carbocycles. The number of hydrogen-bond donors (Lipinski definition) is 0. The summed E-state index contributed by atoms with van der Waals surface area (Å²) in [5.74, 6) is 2.20. The minimum Gasteiger partial charge on any atom is -0.494 e. The molecular weight excluding hydrogens is 404 g/mol. The maximum Gasteiger partial charge on any atom is 0.159 e. The highest BCUT2D eigenvalue weighted by Gasteiger charge is 2.06. The van der Waals surface area contributed by atoms with Crippen molar-refractivity contribution >= 4 is 0 Å². The minimum atomic E-state index is 0.550. The van der Waals surface area contributed by atoms with Crippen LogP contribution in [0.5, 0.6) is 5.75 Å². The summed E-state index contributed by atoms with van der Waals surface area (Å²) in [5, 5.41) is 0. The zero-order chi connectivity index (χ0) is 23.1. The third kappa shape index (κ3) is 9.00. The Hall–Kier alpha value is -2.68. The fourth-order valence-corrected chi connectivity index (χ4v) is 4.17. The number of unbranched alkanes of at least 4 members (excludes halogenated alkanes) is 6.